The van der Waals surface area contributed by atoms with Gasteiger partial charge in [-0.1, -0.05) is 27.7 Å². The Kier molecular flexibility index (Phi) is 8.01. The molecule has 2 saturated heterocycles. The zero-order valence-corrected chi connectivity index (χ0v) is 14.0. The van der Waals surface area contributed by atoms with Crippen LogP contribution in [0.5, 0.6) is 0 Å². The number of hydrogen-bond donors (Lipinski definition) is 0. The Labute approximate surface area is 121 Å². The van der Waals surface area contributed by atoms with Gasteiger partial charge in [0.05, 0.1) is 0 Å². The highest BCUT2D eigenvalue weighted by Gasteiger charge is 2.24. The Morgan fingerprint density at radius 2 is 1.42 bits per heavy atom. The molecule has 2 aliphatic rings. The van der Waals surface area contributed by atoms with Crippen molar-refractivity contribution in [1.82, 2.24) is 9.80 Å². The summed E-state index contributed by atoms with van der Waals surface area (Å²) >= 11 is 0. The summed E-state index contributed by atoms with van der Waals surface area (Å²) in [5, 5.41) is 0. The largest absolute Gasteiger partial charge is 0.306 e. The third-order valence-electron chi connectivity index (χ3n) is 4.93. The van der Waals surface area contributed by atoms with Gasteiger partial charge in [0.2, 0.25) is 0 Å². The lowest BCUT2D eigenvalue weighted by molar-refractivity contribution is 0.115. The molecule has 2 nitrogen and oxygen atoms in total. The second-order valence-electron chi connectivity index (χ2n) is 6.63. The van der Waals surface area contributed by atoms with Crippen molar-refractivity contribution in [1.29, 1.82) is 0 Å². The third-order valence-corrected chi connectivity index (χ3v) is 4.93. The summed E-state index contributed by atoms with van der Waals surface area (Å²) in [5.74, 6) is 2.85. The summed E-state index contributed by atoms with van der Waals surface area (Å²) in [6.07, 6.45) is 5.70. The second-order valence-corrected chi connectivity index (χ2v) is 6.63. The van der Waals surface area contributed by atoms with E-state index in [1.54, 1.807) is 0 Å². The minimum atomic E-state index is 0.889. The molecule has 0 aliphatic carbocycles. The fourth-order valence-corrected chi connectivity index (χ4v) is 3.41. The van der Waals surface area contributed by atoms with Crippen LogP contribution in [0.2, 0.25) is 0 Å². The SMILES string of the molecule is CC.CC(C)C1CCN(CC2CCN(C)CC2)CC1. The molecule has 0 bridgehead atoms. The van der Waals surface area contributed by atoms with Crippen molar-refractivity contribution in [2.24, 2.45) is 17.8 Å². The fourth-order valence-electron chi connectivity index (χ4n) is 3.41. The Bertz CT molecular complexity index is 211. The van der Waals surface area contributed by atoms with Crippen molar-refractivity contribution in [2.45, 2.75) is 53.4 Å². The average Bonchev–Trinajstić information content (AvgIpc) is 2.44. The van der Waals surface area contributed by atoms with Gasteiger partial charge in [-0.15, -0.1) is 0 Å². The maximum absolute atomic E-state index is 2.73. The van der Waals surface area contributed by atoms with Crippen LogP contribution in [-0.4, -0.2) is 49.6 Å². The monoisotopic (exact) mass is 268 g/mol. The van der Waals surface area contributed by atoms with Crippen LogP contribution in [0.15, 0.2) is 0 Å². The van der Waals surface area contributed by atoms with E-state index in [9.17, 15) is 0 Å². The number of rotatable bonds is 3. The highest BCUT2D eigenvalue weighted by atomic mass is 15.1. The number of hydrogen-bond acceptors (Lipinski definition) is 2. The van der Waals surface area contributed by atoms with Gasteiger partial charge in [0.1, 0.15) is 0 Å². The lowest BCUT2D eigenvalue weighted by Gasteiger charge is -2.37. The van der Waals surface area contributed by atoms with Crippen molar-refractivity contribution in [3.63, 3.8) is 0 Å². The number of piperidine rings is 2. The summed E-state index contributed by atoms with van der Waals surface area (Å²) in [6, 6.07) is 0. The zero-order valence-electron chi connectivity index (χ0n) is 14.0. The van der Waals surface area contributed by atoms with E-state index in [4.69, 9.17) is 0 Å². The maximum Gasteiger partial charge on any atom is 0.00106 e. The van der Waals surface area contributed by atoms with E-state index >= 15 is 0 Å². The van der Waals surface area contributed by atoms with E-state index in [1.165, 1.54) is 58.4 Å². The van der Waals surface area contributed by atoms with Gasteiger partial charge in [-0.3, -0.25) is 0 Å². The summed E-state index contributed by atoms with van der Waals surface area (Å²) in [7, 11) is 2.25. The fraction of sp³-hybridized carbons (Fsp3) is 1.00. The molecule has 0 radical (unpaired) electrons. The summed E-state index contributed by atoms with van der Waals surface area (Å²) in [4.78, 5) is 5.20. The molecule has 2 rings (SSSR count). The normalized spacial score (nSPS) is 24.3. The molecular formula is C17H36N2. The van der Waals surface area contributed by atoms with Crippen molar-refractivity contribution in [2.75, 3.05) is 39.8 Å². The summed E-state index contributed by atoms with van der Waals surface area (Å²) in [6.45, 7) is 15.5. The second kappa shape index (κ2) is 8.97. The Hall–Kier alpha value is -0.0800. The van der Waals surface area contributed by atoms with Gasteiger partial charge < -0.3 is 9.80 Å². The third kappa shape index (κ3) is 5.83. The van der Waals surface area contributed by atoms with Gasteiger partial charge in [0.15, 0.2) is 0 Å². The molecule has 0 amide bonds. The Morgan fingerprint density at radius 1 is 0.895 bits per heavy atom. The molecule has 114 valence electrons. The molecule has 0 atom stereocenters. The van der Waals surface area contributed by atoms with Crippen molar-refractivity contribution >= 4 is 0 Å². The first-order valence-electron chi connectivity index (χ1n) is 8.56. The van der Waals surface area contributed by atoms with Gasteiger partial charge in [-0.05, 0) is 76.7 Å². The van der Waals surface area contributed by atoms with Gasteiger partial charge in [0.25, 0.3) is 0 Å². The lowest BCUT2D eigenvalue weighted by Crippen LogP contribution is -2.41. The van der Waals surface area contributed by atoms with Crippen LogP contribution in [0.1, 0.15) is 53.4 Å². The van der Waals surface area contributed by atoms with E-state index < -0.39 is 0 Å². The zero-order chi connectivity index (χ0) is 14.3. The van der Waals surface area contributed by atoms with E-state index in [2.05, 4.69) is 30.7 Å². The molecule has 0 aromatic rings. The predicted molar refractivity (Wildman–Crippen MR) is 85.6 cm³/mol. The van der Waals surface area contributed by atoms with E-state index in [0.29, 0.717) is 0 Å². The number of nitrogens with zero attached hydrogens (tertiary/aromatic N) is 2. The first-order valence-corrected chi connectivity index (χ1v) is 8.56. The van der Waals surface area contributed by atoms with Crippen LogP contribution in [-0.2, 0) is 0 Å². The smallest absolute Gasteiger partial charge is 0.00106 e. The topological polar surface area (TPSA) is 6.48 Å². The van der Waals surface area contributed by atoms with E-state index in [-0.39, 0.29) is 0 Å². The first kappa shape index (κ1) is 17.0. The minimum Gasteiger partial charge on any atom is -0.306 e. The van der Waals surface area contributed by atoms with Gasteiger partial charge >= 0.3 is 0 Å². The molecule has 0 N–H and O–H groups in total. The highest BCUT2D eigenvalue weighted by Crippen LogP contribution is 2.26. The van der Waals surface area contributed by atoms with Crippen LogP contribution in [0, 0.1) is 17.8 Å². The van der Waals surface area contributed by atoms with Gasteiger partial charge in [-0.2, -0.15) is 0 Å². The predicted octanol–water partition coefficient (Wildman–Crippen LogP) is 3.72. The quantitative estimate of drug-likeness (QED) is 0.769. The molecule has 0 aromatic heterocycles. The maximum atomic E-state index is 2.73. The molecule has 0 saturated carbocycles. The summed E-state index contributed by atoms with van der Waals surface area (Å²) < 4.78 is 0. The van der Waals surface area contributed by atoms with Crippen molar-refractivity contribution in [3.8, 4) is 0 Å². The Balaban J connectivity index is 0.000000861. The highest BCUT2D eigenvalue weighted by molar-refractivity contribution is 4.78. The van der Waals surface area contributed by atoms with Crippen LogP contribution in [0.25, 0.3) is 0 Å². The standard InChI is InChI=1S/C15H30N2.C2H6/c1-13(2)15-6-10-17(11-7-15)12-14-4-8-16(3)9-5-14;1-2/h13-15H,4-12H2,1-3H3;1-2H3. The first-order chi connectivity index (χ1) is 9.15. The molecule has 2 heteroatoms. The van der Waals surface area contributed by atoms with Crippen LogP contribution in [0.4, 0.5) is 0 Å². The Morgan fingerprint density at radius 3 is 1.89 bits per heavy atom. The molecule has 2 fully saturated rings. The van der Waals surface area contributed by atoms with Crippen molar-refractivity contribution < 1.29 is 0 Å². The van der Waals surface area contributed by atoms with Crippen LogP contribution >= 0.6 is 0 Å². The van der Waals surface area contributed by atoms with Crippen molar-refractivity contribution in [3.05, 3.63) is 0 Å². The van der Waals surface area contributed by atoms with Gasteiger partial charge in [-0.25, -0.2) is 0 Å². The molecular weight excluding hydrogens is 232 g/mol. The molecule has 0 spiro atoms. The molecule has 0 unspecified atom stereocenters. The lowest BCUT2D eigenvalue weighted by atomic mass is 9.86. The van der Waals surface area contributed by atoms with Gasteiger partial charge in [0, 0.05) is 6.54 Å². The number of likely N-dealkylation sites (tertiary alicyclic amines) is 2. The molecule has 0 aromatic carbocycles. The van der Waals surface area contributed by atoms with Crippen LogP contribution < -0.4 is 0 Å². The summed E-state index contributed by atoms with van der Waals surface area (Å²) in [5.41, 5.74) is 0. The van der Waals surface area contributed by atoms with E-state index in [0.717, 1.165) is 17.8 Å². The molecule has 19 heavy (non-hydrogen) atoms. The molecule has 2 aliphatic heterocycles. The minimum absolute atomic E-state index is 0.889. The average molecular weight is 268 g/mol. The van der Waals surface area contributed by atoms with Crippen LogP contribution in [0.3, 0.4) is 0 Å². The van der Waals surface area contributed by atoms with E-state index in [1.807, 2.05) is 13.8 Å². The molecule has 2 heterocycles.